The van der Waals surface area contributed by atoms with Crippen LogP contribution in [0.3, 0.4) is 0 Å². The molecule has 2 rings (SSSR count). The third-order valence-corrected chi connectivity index (χ3v) is 3.73. The van der Waals surface area contributed by atoms with Gasteiger partial charge in [0, 0.05) is 32.2 Å². The van der Waals surface area contributed by atoms with Gasteiger partial charge in [0.15, 0.2) is 5.84 Å². The molecule has 0 saturated carbocycles. The largest absolute Gasteiger partial charge is 0.478 e. The lowest BCUT2D eigenvalue weighted by Crippen LogP contribution is -2.53. The van der Waals surface area contributed by atoms with Crippen LogP contribution in [0.25, 0.3) is 0 Å². The van der Waals surface area contributed by atoms with Crippen LogP contribution in [0.4, 0.5) is 5.82 Å². The second kappa shape index (κ2) is 7.12. The molecule has 1 aliphatic heterocycles. The fourth-order valence-corrected chi connectivity index (χ4v) is 2.42. The molecule has 2 heterocycles. The third-order valence-electron chi connectivity index (χ3n) is 3.73. The van der Waals surface area contributed by atoms with Gasteiger partial charge < -0.3 is 20.6 Å². The maximum atomic E-state index is 8.75. The molecule has 7 heteroatoms. The number of oxime groups is 1. The fraction of sp³-hybridized carbons (Fsp3) is 0.571. The summed E-state index contributed by atoms with van der Waals surface area (Å²) in [5, 5.41) is 11.8. The van der Waals surface area contributed by atoms with Gasteiger partial charge >= 0.3 is 0 Å². The van der Waals surface area contributed by atoms with Crippen LogP contribution in [0.15, 0.2) is 23.4 Å². The van der Waals surface area contributed by atoms with Crippen LogP contribution in [-0.2, 0) is 0 Å². The number of hydrogen-bond donors (Lipinski definition) is 2. The van der Waals surface area contributed by atoms with E-state index in [0.717, 1.165) is 32.0 Å². The Morgan fingerprint density at radius 3 is 2.76 bits per heavy atom. The van der Waals surface area contributed by atoms with Crippen LogP contribution in [0.2, 0.25) is 0 Å². The highest BCUT2D eigenvalue weighted by atomic mass is 16.5. The van der Waals surface area contributed by atoms with Crippen molar-refractivity contribution in [3.8, 4) is 5.88 Å². The number of pyridine rings is 1. The van der Waals surface area contributed by atoms with Crippen LogP contribution in [0.5, 0.6) is 5.88 Å². The van der Waals surface area contributed by atoms with E-state index in [1.807, 2.05) is 32.0 Å². The molecular formula is C14H23N5O2. The first-order valence-electron chi connectivity index (χ1n) is 7.22. The zero-order valence-electron chi connectivity index (χ0n) is 12.6. The SMILES string of the molecule is CCOc1cccc(N2CCN(C(C)C(N)=NO)CC2)n1. The number of amidine groups is 1. The highest BCUT2D eigenvalue weighted by molar-refractivity contribution is 5.84. The van der Waals surface area contributed by atoms with Crippen LogP contribution in [-0.4, -0.2) is 59.8 Å². The summed E-state index contributed by atoms with van der Waals surface area (Å²) >= 11 is 0. The highest BCUT2D eigenvalue weighted by Crippen LogP contribution is 2.18. The molecule has 0 aliphatic carbocycles. The quantitative estimate of drug-likeness (QED) is 0.360. The predicted molar refractivity (Wildman–Crippen MR) is 82.1 cm³/mol. The van der Waals surface area contributed by atoms with Crippen molar-refractivity contribution in [3.63, 3.8) is 0 Å². The summed E-state index contributed by atoms with van der Waals surface area (Å²) in [5.74, 6) is 1.83. The zero-order valence-corrected chi connectivity index (χ0v) is 12.6. The molecule has 1 fully saturated rings. The van der Waals surface area contributed by atoms with Crippen molar-refractivity contribution in [3.05, 3.63) is 18.2 Å². The van der Waals surface area contributed by atoms with Gasteiger partial charge in [-0.2, -0.15) is 4.98 Å². The first kappa shape index (κ1) is 15.4. The molecule has 1 unspecified atom stereocenters. The van der Waals surface area contributed by atoms with E-state index in [0.29, 0.717) is 12.5 Å². The van der Waals surface area contributed by atoms with E-state index >= 15 is 0 Å². The van der Waals surface area contributed by atoms with Gasteiger partial charge in [0.2, 0.25) is 5.88 Å². The second-order valence-electron chi connectivity index (χ2n) is 4.99. The zero-order chi connectivity index (χ0) is 15.2. The van der Waals surface area contributed by atoms with Crippen molar-refractivity contribution >= 4 is 11.7 Å². The normalized spacial score (nSPS) is 18.6. The molecule has 3 N–H and O–H groups in total. The molecule has 1 aliphatic rings. The van der Waals surface area contributed by atoms with Gasteiger partial charge in [-0.15, -0.1) is 0 Å². The molecule has 1 atom stereocenters. The molecular weight excluding hydrogens is 270 g/mol. The number of anilines is 1. The van der Waals surface area contributed by atoms with E-state index in [1.54, 1.807) is 0 Å². The molecule has 116 valence electrons. The lowest BCUT2D eigenvalue weighted by Gasteiger charge is -2.38. The van der Waals surface area contributed by atoms with Gasteiger partial charge in [-0.3, -0.25) is 4.90 Å². The van der Waals surface area contributed by atoms with Crippen LogP contribution in [0.1, 0.15) is 13.8 Å². The minimum Gasteiger partial charge on any atom is -0.478 e. The molecule has 1 aromatic heterocycles. The van der Waals surface area contributed by atoms with Crippen molar-refractivity contribution in [1.82, 2.24) is 9.88 Å². The van der Waals surface area contributed by atoms with E-state index in [4.69, 9.17) is 15.7 Å². The first-order chi connectivity index (χ1) is 10.2. The number of rotatable bonds is 5. The molecule has 7 nitrogen and oxygen atoms in total. The smallest absolute Gasteiger partial charge is 0.215 e. The molecule has 0 aromatic carbocycles. The van der Waals surface area contributed by atoms with Crippen molar-refractivity contribution in [2.75, 3.05) is 37.7 Å². The van der Waals surface area contributed by atoms with Gasteiger partial charge in [0.1, 0.15) is 5.82 Å². The molecule has 1 saturated heterocycles. The number of ether oxygens (including phenoxy) is 1. The van der Waals surface area contributed by atoms with Gasteiger partial charge in [-0.1, -0.05) is 11.2 Å². The lowest BCUT2D eigenvalue weighted by molar-refractivity contribution is 0.229. The number of nitrogens with two attached hydrogens (primary N) is 1. The van der Waals surface area contributed by atoms with Crippen LogP contribution < -0.4 is 15.4 Å². The summed E-state index contributed by atoms with van der Waals surface area (Å²) in [6.07, 6.45) is 0. The number of aromatic nitrogens is 1. The predicted octanol–water partition coefficient (Wildman–Crippen LogP) is 0.737. The molecule has 0 spiro atoms. The van der Waals surface area contributed by atoms with E-state index in [2.05, 4.69) is 19.9 Å². The second-order valence-corrected chi connectivity index (χ2v) is 4.99. The topological polar surface area (TPSA) is 87.2 Å². The Morgan fingerprint density at radius 1 is 1.43 bits per heavy atom. The maximum absolute atomic E-state index is 8.75. The Labute approximate surface area is 125 Å². The minimum atomic E-state index is -0.0557. The van der Waals surface area contributed by atoms with Gasteiger partial charge in [-0.05, 0) is 19.9 Å². The van der Waals surface area contributed by atoms with Gasteiger partial charge in [0.05, 0.1) is 12.6 Å². The minimum absolute atomic E-state index is 0.0557. The first-order valence-corrected chi connectivity index (χ1v) is 7.22. The summed E-state index contributed by atoms with van der Waals surface area (Å²) in [7, 11) is 0. The summed E-state index contributed by atoms with van der Waals surface area (Å²) < 4.78 is 5.43. The van der Waals surface area contributed by atoms with Crippen molar-refractivity contribution in [2.24, 2.45) is 10.9 Å². The lowest BCUT2D eigenvalue weighted by atomic mass is 10.2. The van der Waals surface area contributed by atoms with E-state index in [-0.39, 0.29) is 11.9 Å². The molecule has 21 heavy (non-hydrogen) atoms. The van der Waals surface area contributed by atoms with Crippen molar-refractivity contribution in [1.29, 1.82) is 0 Å². The Hall–Kier alpha value is -2.02. The summed E-state index contributed by atoms with van der Waals surface area (Å²) in [4.78, 5) is 8.92. The Bertz CT molecular complexity index is 486. The number of hydrogen-bond acceptors (Lipinski definition) is 6. The van der Waals surface area contributed by atoms with Crippen molar-refractivity contribution < 1.29 is 9.94 Å². The Kier molecular flexibility index (Phi) is 5.21. The molecule has 1 aromatic rings. The average molecular weight is 293 g/mol. The monoisotopic (exact) mass is 293 g/mol. The molecule has 0 amide bonds. The Balaban J connectivity index is 1.96. The molecule has 0 bridgehead atoms. The van der Waals surface area contributed by atoms with E-state index < -0.39 is 0 Å². The fourth-order valence-electron chi connectivity index (χ4n) is 2.42. The standard InChI is InChI=1S/C14H23N5O2/c1-3-21-13-6-4-5-12(16-13)19-9-7-18(8-10-19)11(2)14(15)17-20/h4-6,11,20H,3,7-10H2,1-2H3,(H2,15,17). The number of nitrogens with zero attached hydrogens (tertiary/aromatic N) is 4. The third kappa shape index (κ3) is 3.75. The Morgan fingerprint density at radius 2 is 2.14 bits per heavy atom. The summed E-state index contributed by atoms with van der Waals surface area (Å²) in [5.41, 5.74) is 5.66. The maximum Gasteiger partial charge on any atom is 0.215 e. The van der Waals surface area contributed by atoms with E-state index in [9.17, 15) is 0 Å². The molecule has 0 radical (unpaired) electrons. The highest BCUT2D eigenvalue weighted by Gasteiger charge is 2.24. The summed E-state index contributed by atoms with van der Waals surface area (Å²) in [6.45, 7) is 7.90. The van der Waals surface area contributed by atoms with Crippen LogP contribution in [0, 0.1) is 0 Å². The number of piperazine rings is 1. The van der Waals surface area contributed by atoms with Crippen molar-refractivity contribution in [2.45, 2.75) is 19.9 Å². The van der Waals surface area contributed by atoms with Gasteiger partial charge in [-0.25, -0.2) is 0 Å². The van der Waals surface area contributed by atoms with E-state index in [1.165, 1.54) is 0 Å². The van der Waals surface area contributed by atoms with Crippen LogP contribution >= 0.6 is 0 Å². The average Bonchev–Trinajstić information content (AvgIpc) is 2.54. The van der Waals surface area contributed by atoms with Gasteiger partial charge in [0.25, 0.3) is 0 Å². The summed E-state index contributed by atoms with van der Waals surface area (Å²) in [6, 6.07) is 5.76.